The number of nitrogens with one attached hydrogen (secondary N) is 1. The molecule has 0 heterocycles. The minimum Gasteiger partial charge on any atom is -0.497 e. The van der Waals surface area contributed by atoms with Crippen molar-refractivity contribution in [3.63, 3.8) is 0 Å². The standard InChI is InChI=1S/C26H36N2O3S/c1-4-6-16-27-26(30)24(5-2)28(19-22-13-10-14-23(18-22)31-3)25(29)15-17-32-20-21-11-8-7-9-12-21/h7-14,18,24H,4-6,15-17,19-20H2,1-3H3,(H,27,30)/t24-/m1/s1. The third-order valence-electron chi connectivity index (χ3n) is 5.27. The van der Waals surface area contributed by atoms with Crippen LogP contribution in [0.3, 0.4) is 0 Å². The summed E-state index contributed by atoms with van der Waals surface area (Å²) >= 11 is 1.74. The van der Waals surface area contributed by atoms with E-state index in [0.717, 1.165) is 35.7 Å². The molecule has 0 unspecified atom stereocenters. The van der Waals surface area contributed by atoms with E-state index in [-0.39, 0.29) is 11.8 Å². The van der Waals surface area contributed by atoms with Crippen LogP contribution in [0.25, 0.3) is 0 Å². The van der Waals surface area contributed by atoms with E-state index in [0.29, 0.717) is 25.9 Å². The number of methoxy groups -OCH3 is 1. The second kappa shape index (κ2) is 14.6. The first kappa shape index (κ1) is 25.8. The van der Waals surface area contributed by atoms with E-state index in [4.69, 9.17) is 4.74 Å². The molecule has 0 radical (unpaired) electrons. The SMILES string of the molecule is CCCCNC(=O)[C@@H](CC)N(Cc1cccc(OC)c1)C(=O)CCSCc1ccccc1. The summed E-state index contributed by atoms with van der Waals surface area (Å²) in [5.41, 5.74) is 2.20. The van der Waals surface area contributed by atoms with Crippen LogP contribution in [0.4, 0.5) is 0 Å². The number of amides is 2. The number of nitrogens with zero attached hydrogens (tertiary/aromatic N) is 1. The summed E-state index contributed by atoms with van der Waals surface area (Å²) in [7, 11) is 1.63. The van der Waals surface area contributed by atoms with Gasteiger partial charge in [-0.1, -0.05) is 62.7 Å². The average molecular weight is 457 g/mol. The molecule has 1 N–H and O–H groups in total. The molecule has 6 heteroatoms. The number of rotatable bonds is 14. The Morgan fingerprint density at radius 1 is 1.06 bits per heavy atom. The number of benzene rings is 2. The van der Waals surface area contributed by atoms with E-state index in [9.17, 15) is 9.59 Å². The van der Waals surface area contributed by atoms with Crippen molar-refractivity contribution in [1.82, 2.24) is 10.2 Å². The zero-order chi connectivity index (χ0) is 23.2. The fraction of sp³-hybridized carbons (Fsp3) is 0.462. The number of ether oxygens (including phenoxy) is 1. The highest BCUT2D eigenvalue weighted by atomic mass is 32.2. The highest BCUT2D eigenvalue weighted by Gasteiger charge is 2.28. The molecule has 0 aliphatic heterocycles. The number of hydrogen-bond donors (Lipinski definition) is 1. The van der Waals surface area contributed by atoms with Crippen LogP contribution in [-0.4, -0.2) is 42.2 Å². The lowest BCUT2D eigenvalue weighted by Crippen LogP contribution is -2.49. The number of carbonyl (C=O) groups is 2. The highest BCUT2D eigenvalue weighted by molar-refractivity contribution is 7.98. The molecule has 5 nitrogen and oxygen atoms in total. The van der Waals surface area contributed by atoms with Gasteiger partial charge in [0, 0.05) is 31.0 Å². The van der Waals surface area contributed by atoms with Crippen molar-refractivity contribution in [2.75, 3.05) is 19.4 Å². The van der Waals surface area contributed by atoms with Crippen molar-refractivity contribution in [2.24, 2.45) is 0 Å². The van der Waals surface area contributed by atoms with Crippen molar-refractivity contribution in [3.8, 4) is 5.75 Å². The van der Waals surface area contributed by atoms with E-state index in [1.807, 2.05) is 49.4 Å². The Labute approximate surface area is 196 Å². The van der Waals surface area contributed by atoms with Crippen LogP contribution in [0.2, 0.25) is 0 Å². The Hall–Kier alpha value is -2.47. The Morgan fingerprint density at radius 2 is 1.81 bits per heavy atom. The summed E-state index contributed by atoms with van der Waals surface area (Å²) < 4.78 is 5.33. The lowest BCUT2D eigenvalue weighted by molar-refractivity contribution is -0.141. The molecule has 0 saturated heterocycles. The molecule has 2 aromatic carbocycles. The Kier molecular flexibility index (Phi) is 11.7. The Bertz CT molecular complexity index is 829. The summed E-state index contributed by atoms with van der Waals surface area (Å²) in [5.74, 6) is 2.27. The monoisotopic (exact) mass is 456 g/mol. The van der Waals surface area contributed by atoms with Crippen molar-refractivity contribution < 1.29 is 14.3 Å². The largest absolute Gasteiger partial charge is 0.497 e. The van der Waals surface area contributed by atoms with Gasteiger partial charge in [-0.2, -0.15) is 11.8 Å². The molecule has 32 heavy (non-hydrogen) atoms. The average Bonchev–Trinajstić information content (AvgIpc) is 2.82. The zero-order valence-electron chi connectivity index (χ0n) is 19.5. The third kappa shape index (κ3) is 8.58. The van der Waals surface area contributed by atoms with Crippen LogP contribution in [-0.2, 0) is 21.9 Å². The number of carbonyl (C=O) groups excluding carboxylic acids is 2. The fourth-order valence-electron chi connectivity index (χ4n) is 3.46. The molecule has 2 amide bonds. The van der Waals surface area contributed by atoms with Gasteiger partial charge in [-0.25, -0.2) is 0 Å². The lowest BCUT2D eigenvalue weighted by Gasteiger charge is -2.31. The fourth-order valence-corrected chi connectivity index (χ4v) is 4.35. The molecule has 0 aromatic heterocycles. The molecule has 2 aromatic rings. The van der Waals surface area contributed by atoms with Crippen molar-refractivity contribution in [3.05, 3.63) is 65.7 Å². The maximum atomic E-state index is 13.2. The molecule has 0 aliphatic carbocycles. The second-order valence-electron chi connectivity index (χ2n) is 7.73. The molecule has 0 aliphatic rings. The third-order valence-corrected chi connectivity index (χ3v) is 6.30. The van der Waals surface area contributed by atoms with Crippen LogP contribution in [0, 0.1) is 0 Å². The van der Waals surface area contributed by atoms with Gasteiger partial charge in [-0.15, -0.1) is 0 Å². The normalized spacial score (nSPS) is 11.6. The first-order valence-corrected chi connectivity index (χ1v) is 12.6. The van der Waals surface area contributed by atoms with Crippen LogP contribution in [0.15, 0.2) is 54.6 Å². The van der Waals surface area contributed by atoms with Gasteiger partial charge in [0.05, 0.1) is 7.11 Å². The maximum Gasteiger partial charge on any atom is 0.242 e. The molecule has 0 bridgehead atoms. The molecule has 1 atom stereocenters. The molecular weight excluding hydrogens is 420 g/mol. The van der Waals surface area contributed by atoms with Gasteiger partial charge >= 0.3 is 0 Å². The van der Waals surface area contributed by atoms with Crippen LogP contribution in [0.5, 0.6) is 5.75 Å². The molecular formula is C26H36N2O3S. The van der Waals surface area contributed by atoms with Gasteiger partial charge in [0.15, 0.2) is 0 Å². The zero-order valence-corrected chi connectivity index (χ0v) is 20.3. The summed E-state index contributed by atoms with van der Waals surface area (Å²) in [6.07, 6.45) is 2.93. The maximum absolute atomic E-state index is 13.2. The van der Waals surface area contributed by atoms with E-state index >= 15 is 0 Å². The molecule has 0 saturated carbocycles. The molecule has 2 rings (SSSR count). The quantitative estimate of drug-likeness (QED) is 0.405. The molecule has 174 valence electrons. The molecule has 0 spiro atoms. The number of thioether (sulfide) groups is 1. The number of hydrogen-bond acceptors (Lipinski definition) is 4. The summed E-state index contributed by atoms with van der Waals surface area (Å²) in [4.78, 5) is 27.9. The number of unbranched alkanes of at least 4 members (excludes halogenated alkanes) is 1. The van der Waals surface area contributed by atoms with Gasteiger partial charge in [-0.05, 0) is 36.1 Å². The van der Waals surface area contributed by atoms with E-state index in [1.165, 1.54) is 5.56 Å². The predicted molar refractivity (Wildman–Crippen MR) is 133 cm³/mol. The second-order valence-corrected chi connectivity index (χ2v) is 8.84. The first-order chi connectivity index (χ1) is 15.6. The topological polar surface area (TPSA) is 58.6 Å². The van der Waals surface area contributed by atoms with Gasteiger partial charge in [0.25, 0.3) is 0 Å². The lowest BCUT2D eigenvalue weighted by atomic mass is 10.1. The predicted octanol–water partition coefficient (Wildman–Crippen LogP) is 5.04. The highest BCUT2D eigenvalue weighted by Crippen LogP contribution is 2.19. The summed E-state index contributed by atoms with van der Waals surface area (Å²) in [5, 5.41) is 3.00. The van der Waals surface area contributed by atoms with Crippen LogP contribution in [0.1, 0.15) is 50.7 Å². The van der Waals surface area contributed by atoms with Gasteiger partial charge < -0.3 is 15.0 Å². The van der Waals surface area contributed by atoms with Gasteiger partial charge in [0.1, 0.15) is 11.8 Å². The first-order valence-electron chi connectivity index (χ1n) is 11.4. The van der Waals surface area contributed by atoms with Crippen molar-refractivity contribution >= 4 is 23.6 Å². The van der Waals surface area contributed by atoms with Crippen LogP contribution < -0.4 is 10.1 Å². The van der Waals surface area contributed by atoms with Gasteiger partial charge in [0.2, 0.25) is 11.8 Å². The Balaban J connectivity index is 2.06. The van der Waals surface area contributed by atoms with E-state index in [2.05, 4.69) is 24.4 Å². The minimum atomic E-state index is -0.482. The van der Waals surface area contributed by atoms with Crippen molar-refractivity contribution in [2.45, 2.75) is 57.9 Å². The van der Waals surface area contributed by atoms with Crippen molar-refractivity contribution in [1.29, 1.82) is 0 Å². The summed E-state index contributed by atoms with van der Waals surface area (Å²) in [6, 6.07) is 17.4. The van der Waals surface area contributed by atoms with E-state index in [1.54, 1.807) is 23.8 Å². The van der Waals surface area contributed by atoms with Crippen LogP contribution >= 0.6 is 11.8 Å². The van der Waals surface area contributed by atoms with E-state index < -0.39 is 6.04 Å². The summed E-state index contributed by atoms with van der Waals surface area (Å²) in [6.45, 7) is 5.08. The minimum absolute atomic E-state index is 0.00544. The van der Waals surface area contributed by atoms with Gasteiger partial charge in [-0.3, -0.25) is 9.59 Å². The smallest absolute Gasteiger partial charge is 0.242 e. The Morgan fingerprint density at radius 3 is 2.50 bits per heavy atom. The molecule has 0 fully saturated rings.